The summed E-state index contributed by atoms with van der Waals surface area (Å²) in [7, 11) is 0. The van der Waals surface area contributed by atoms with Crippen molar-refractivity contribution in [2.75, 3.05) is 24.2 Å². The molecule has 0 spiro atoms. The molecule has 1 aromatic carbocycles. The topological polar surface area (TPSA) is 58.1 Å². The Labute approximate surface area is 157 Å². The van der Waals surface area contributed by atoms with E-state index < -0.39 is 0 Å². The quantitative estimate of drug-likeness (QED) is 0.793. The van der Waals surface area contributed by atoms with Gasteiger partial charge in [-0.25, -0.2) is 0 Å². The van der Waals surface area contributed by atoms with Gasteiger partial charge in [0, 0.05) is 18.8 Å². The maximum Gasteiger partial charge on any atom is 0.233 e. The third kappa shape index (κ3) is 5.19. The predicted molar refractivity (Wildman–Crippen MR) is 105 cm³/mol. The van der Waals surface area contributed by atoms with Crippen molar-refractivity contribution in [2.45, 2.75) is 31.5 Å². The van der Waals surface area contributed by atoms with Gasteiger partial charge in [-0.2, -0.15) is 0 Å². The first-order valence-corrected chi connectivity index (χ1v) is 10.4. The number of carbonyl (C=O) groups is 1. The summed E-state index contributed by atoms with van der Waals surface area (Å²) in [4.78, 5) is 14.4. The van der Waals surface area contributed by atoms with Crippen molar-refractivity contribution in [3.8, 4) is 0 Å². The first-order valence-electron chi connectivity index (χ1n) is 8.57. The molecule has 1 saturated heterocycles. The second-order valence-electron chi connectivity index (χ2n) is 6.90. The molecular weight excluding hydrogens is 352 g/mol. The standard InChI is InChI=1S/C18H24N4OS2/c1-12-4-6-15(7-5-12)19-17-20-21-18(25-17)24-11-16(23)22-9-13(2)8-14(3)10-22/h4-7,13-14H,8-11H2,1-3H3,(H,19,20)/t13-,14-/m1/s1. The molecule has 1 aliphatic heterocycles. The molecule has 25 heavy (non-hydrogen) atoms. The fourth-order valence-corrected chi connectivity index (χ4v) is 4.84. The smallest absolute Gasteiger partial charge is 0.233 e. The lowest BCUT2D eigenvalue weighted by Gasteiger charge is -2.34. The van der Waals surface area contributed by atoms with Gasteiger partial charge in [0.1, 0.15) is 0 Å². The van der Waals surface area contributed by atoms with E-state index >= 15 is 0 Å². The fraction of sp³-hybridized carbons (Fsp3) is 0.500. The zero-order valence-electron chi connectivity index (χ0n) is 14.9. The molecule has 1 amide bonds. The second kappa shape index (κ2) is 8.19. The van der Waals surface area contributed by atoms with Gasteiger partial charge < -0.3 is 10.2 Å². The number of likely N-dealkylation sites (tertiary alicyclic amines) is 1. The molecule has 0 bridgehead atoms. The van der Waals surface area contributed by atoms with Crippen molar-refractivity contribution in [1.29, 1.82) is 0 Å². The average molecular weight is 377 g/mol. The fourth-order valence-electron chi connectivity index (χ4n) is 3.16. The van der Waals surface area contributed by atoms with Crippen LogP contribution in [0.15, 0.2) is 28.6 Å². The van der Waals surface area contributed by atoms with E-state index in [1.165, 1.54) is 35.1 Å². The van der Waals surface area contributed by atoms with E-state index in [1.807, 2.05) is 17.0 Å². The van der Waals surface area contributed by atoms with Gasteiger partial charge in [0.05, 0.1) is 5.75 Å². The Balaban J connectivity index is 1.51. The van der Waals surface area contributed by atoms with E-state index in [1.54, 1.807) is 0 Å². The van der Waals surface area contributed by atoms with Crippen LogP contribution in [0.4, 0.5) is 10.8 Å². The summed E-state index contributed by atoms with van der Waals surface area (Å²) in [5, 5.41) is 12.3. The van der Waals surface area contributed by atoms with E-state index in [0.29, 0.717) is 17.6 Å². The van der Waals surface area contributed by atoms with Crippen LogP contribution >= 0.6 is 23.1 Å². The summed E-state index contributed by atoms with van der Waals surface area (Å²) in [5.74, 6) is 1.80. The van der Waals surface area contributed by atoms with Crippen molar-refractivity contribution < 1.29 is 4.79 Å². The zero-order valence-corrected chi connectivity index (χ0v) is 16.5. The summed E-state index contributed by atoms with van der Waals surface area (Å²) in [6.07, 6.45) is 1.21. The van der Waals surface area contributed by atoms with Crippen molar-refractivity contribution >= 4 is 39.8 Å². The lowest BCUT2D eigenvalue weighted by molar-refractivity contribution is -0.130. The molecule has 0 aliphatic carbocycles. The van der Waals surface area contributed by atoms with Gasteiger partial charge in [0.2, 0.25) is 11.0 Å². The van der Waals surface area contributed by atoms with Gasteiger partial charge in [0.15, 0.2) is 4.34 Å². The number of hydrogen-bond donors (Lipinski definition) is 1. The minimum Gasteiger partial charge on any atom is -0.341 e. The van der Waals surface area contributed by atoms with Gasteiger partial charge in [-0.1, -0.05) is 54.6 Å². The van der Waals surface area contributed by atoms with Crippen LogP contribution in [0.25, 0.3) is 0 Å². The van der Waals surface area contributed by atoms with Crippen LogP contribution in [-0.2, 0) is 4.79 Å². The molecule has 0 radical (unpaired) electrons. The second-order valence-corrected chi connectivity index (χ2v) is 9.10. The molecule has 2 aromatic rings. The summed E-state index contributed by atoms with van der Waals surface area (Å²) in [5.41, 5.74) is 2.21. The van der Waals surface area contributed by atoms with Crippen molar-refractivity contribution in [3.63, 3.8) is 0 Å². The van der Waals surface area contributed by atoms with E-state index in [9.17, 15) is 4.79 Å². The molecule has 1 aliphatic rings. The zero-order chi connectivity index (χ0) is 17.8. The van der Waals surface area contributed by atoms with E-state index in [4.69, 9.17) is 0 Å². The van der Waals surface area contributed by atoms with Crippen LogP contribution in [-0.4, -0.2) is 39.8 Å². The molecule has 7 heteroatoms. The van der Waals surface area contributed by atoms with E-state index in [2.05, 4.69) is 48.4 Å². The number of nitrogens with zero attached hydrogens (tertiary/aromatic N) is 3. The summed E-state index contributed by atoms with van der Waals surface area (Å²) in [6.45, 7) is 8.25. The molecule has 5 nitrogen and oxygen atoms in total. The number of thioether (sulfide) groups is 1. The van der Waals surface area contributed by atoms with Crippen molar-refractivity contribution in [1.82, 2.24) is 15.1 Å². The highest BCUT2D eigenvalue weighted by Gasteiger charge is 2.25. The summed E-state index contributed by atoms with van der Waals surface area (Å²) in [6, 6.07) is 8.15. The SMILES string of the molecule is Cc1ccc(Nc2nnc(SCC(=O)N3C[C@H](C)C[C@@H](C)C3)s2)cc1. The average Bonchev–Trinajstić information content (AvgIpc) is 3.01. The number of aryl methyl sites for hydroxylation is 1. The van der Waals surface area contributed by atoms with Crippen molar-refractivity contribution in [2.24, 2.45) is 11.8 Å². The van der Waals surface area contributed by atoms with Gasteiger partial charge in [0.25, 0.3) is 0 Å². The normalized spacial score (nSPS) is 20.5. The largest absolute Gasteiger partial charge is 0.341 e. The van der Waals surface area contributed by atoms with Gasteiger partial charge in [-0.05, 0) is 37.3 Å². The van der Waals surface area contributed by atoms with Crippen LogP contribution in [0.2, 0.25) is 0 Å². The maximum atomic E-state index is 12.4. The Morgan fingerprint density at radius 3 is 2.60 bits per heavy atom. The minimum atomic E-state index is 0.201. The molecule has 1 fully saturated rings. The Hall–Kier alpha value is -1.60. The Morgan fingerprint density at radius 2 is 1.92 bits per heavy atom. The number of rotatable bonds is 5. The highest BCUT2D eigenvalue weighted by atomic mass is 32.2. The number of benzene rings is 1. The first-order chi connectivity index (χ1) is 12.0. The van der Waals surface area contributed by atoms with E-state index in [-0.39, 0.29) is 5.91 Å². The molecule has 0 unspecified atom stereocenters. The monoisotopic (exact) mass is 376 g/mol. The van der Waals surface area contributed by atoms with Crippen LogP contribution in [0.3, 0.4) is 0 Å². The summed E-state index contributed by atoms with van der Waals surface area (Å²) >= 11 is 2.95. The lowest BCUT2D eigenvalue weighted by Crippen LogP contribution is -2.43. The number of nitrogens with one attached hydrogen (secondary N) is 1. The Bertz CT molecular complexity index is 706. The number of anilines is 2. The van der Waals surface area contributed by atoms with Gasteiger partial charge in [-0.3, -0.25) is 4.79 Å². The number of hydrogen-bond acceptors (Lipinski definition) is 6. The Morgan fingerprint density at radius 1 is 1.24 bits per heavy atom. The van der Waals surface area contributed by atoms with E-state index in [0.717, 1.165) is 28.2 Å². The molecular formula is C18H24N4OS2. The number of aromatic nitrogens is 2. The third-order valence-electron chi connectivity index (χ3n) is 4.25. The Kier molecular flexibility index (Phi) is 5.96. The maximum absolute atomic E-state index is 12.4. The molecule has 1 aromatic heterocycles. The lowest BCUT2D eigenvalue weighted by atomic mass is 9.92. The molecule has 3 rings (SSSR count). The van der Waals surface area contributed by atoms with Gasteiger partial charge in [-0.15, -0.1) is 10.2 Å². The molecule has 2 atom stereocenters. The van der Waals surface area contributed by atoms with Crippen LogP contribution in [0, 0.1) is 18.8 Å². The molecule has 0 saturated carbocycles. The van der Waals surface area contributed by atoms with Crippen LogP contribution in [0.5, 0.6) is 0 Å². The molecule has 1 N–H and O–H groups in total. The van der Waals surface area contributed by atoms with Crippen LogP contribution < -0.4 is 5.32 Å². The molecule has 2 heterocycles. The first kappa shape index (κ1) is 18.2. The molecule has 134 valence electrons. The number of piperidine rings is 1. The van der Waals surface area contributed by atoms with Crippen molar-refractivity contribution in [3.05, 3.63) is 29.8 Å². The van der Waals surface area contributed by atoms with Gasteiger partial charge >= 0.3 is 0 Å². The number of carbonyl (C=O) groups excluding carboxylic acids is 1. The third-order valence-corrected chi connectivity index (χ3v) is 6.21. The minimum absolute atomic E-state index is 0.201. The predicted octanol–water partition coefficient (Wildman–Crippen LogP) is 4.19. The highest BCUT2D eigenvalue weighted by Crippen LogP contribution is 2.28. The number of amides is 1. The summed E-state index contributed by atoms with van der Waals surface area (Å²) < 4.78 is 0.820. The highest BCUT2D eigenvalue weighted by molar-refractivity contribution is 8.01. The van der Waals surface area contributed by atoms with Crippen LogP contribution in [0.1, 0.15) is 25.8 Å².